The third-order valence-corrected chi connectivity index (χ3v) is 3.45. The minimum absolute atomic E-state index is 0.0608. The van der Waals surface area contributed by atoms with Gasteiger partial charge in [0.2, 0.25) is 0 Å². The molecule has 4 heteroatoms. The number of aliphatic hydroxyl groups excluding tert-OH is 1. The number of hydrogen-bond acceptors (Lipinski definition) is 3. The summed E-state index contributed by atoms with van der Waals surface area (Å²) in [7, 11) is 1.60. The third kappa shape index (κ3) is 1.38. The van der Waals surface area contributed by atoms with E-state index in [0.29, 0.717) is 10.8 Å². The third-order valence-electron chi connectivity index (χ3n) is 2.09. The molecule has 74 valence electrons. The second-order valence-corrected chi connectivity index (χ2v) is 4.20. The zero-order valence-electron chi connectivity index (χ0n) is 7.58. The van der Waals surface area contributed by atoms with E-state index >= 15 is 0 Å². The molecular weight excluding hydrogens is 220 g/mol. The van der Waals surface area contributed by atoms with Crippen molar-refractivity contribution in [3.8, 4) is 5.75 Å². The van der Waals surface area contributed by atoms with Crippen LogP contribution in [0.2, 0.25) is 5.02 Å². The summed E-state index contributed by atoms with van der Waals surface area (Å²) in [5, 5.41) is 12.7. The molecule has 14 heavy (non-hydrogen) atoms. The Bertz CT molecular complexity index is 464. The summed E-state index contributed by atoms with van der Waals surface area (Å²) < 4.78 is 6.25. The van der Waals surface area contributed by atoms with Crippen LogP contribution in [0.1, 0.15) is 5.56 Å². The van der Waals surface area contributed by atoms with E-state index in [1.807, 2.05) is 11.4 Å². The van der Waals surface area contributed by atoms with Crippen LogP contribution in [-0.2, 0) is 6.61 Å². The van der Waals surface area contributed by atoms with Gasteiger partial charge in [-0.3, -0.25) is 0 Å². The molecule has 0 aliphatic heterocycles. The lowest BCUT2D eigenvalue weighted by Crippen LogP contribution is -1.92. The fraction of sp³-hybridized carbons (Fsp3) is 0.200. The lowest BCUT2D eigenvalue weighted by atomic mass is 10.1. The highest BCUT2D eigenvalue weighted by Gasteiger charge is 2.11. The highest BCUT2D eigenvalue weighted by molar-refractivity contribution is 7.18. The van der Waals surface area contributed by atoms with Gasteiger partial charge in [-0.25, -0.2) is 0 Å². The van der Waals surface area contributed by atoms with Crippen LogP contribution in [0.4, 0.5) is 0 Å². The van der Waals surface area contributed by atoms with E-state index in [1.165, 1.54) is 0 Å². The number of ether oxygens (including phenoxy) is 1. The van der Waals surface area contributed by atoms with Crippen molar-refractivity contribution in [1.82, 2.24) is 0 Å². The molecule has 1 N–H and O–H groups in total. The Balaban J connectivity index is 2.82. The fourth-order valence-corrected chi connectivity index (χ4v) is 2.66. The summed E-state index contributed by atoms with van der Waals surface area (Å²) in [5.41, 5.74) is 0.725. The Morgan fingerprint density at radius 2 is 2.36 bits per heavy atom. The Morgan fingerprint density at radius 3 is 3.00 bits per heavy atom. The van der Waals surface area contributed by atoms with Crippen LogP contribution >= 0.6 is 22.9 Å². The minimum atomic E-state index is -0.0608. The van der Waals surface area contributed by atoms with E-state index in [1.54, 1.807) is 24.5 Å². The quantitative estimate of drug-likeness (QED) is 0.856. The first kappa shape index (κ1) is 9.77. The molecule has 0 amide bonds. The van der Waals surface area contributed by atoms with Crippen LogP contribution in [0, 0.1) is 0 Å². The summed E-state index contributed by atoms with van der Waals surface area (Å²) >= 11 is 7.62. The van der Waals surface area contributed by atoms with Crippen molar-refractivity contribution in [2.24, 2.45) is 0 Å². The molecule has 2 nitrogen and oxygen atoms in total. The molecule has 0 aliphatic rings. The molecule has 1 heterocycles. The second-order valence-electron chi connectivity index (χ2n) is 2.87. The van der Waals surface area contributed by atoms with Gasteiger partial charge in [0.25, 0.3) is 0 Å². The Hall–Kier alpha value is -0.770. The van der Waals surface area contributed by atoms with Crippen molar-refractivity contribution in [1.29, 1.82) is 0 Å². The molecule has 0 radical (unpaired) electrons. The monoisotopic (exact) mass is 228 g/mol. The molecular formula is C10H9ClO2S. The molecule has 0 atom stereocenters. The summed E-state index contributed by atoms with van der Waals surface area (Å²) in [5.74, 6) is 0.716. The Morgan fingerprint density at radius 1 is 1.57 bits per heavy atom. The van der Waals surface area contributed by atoms with Gasteiger partial charge >= 0.3 is 0 Å². The zero-order valence-corrected chi connectivity index (χ0v) is 9.15. The number of halogens is 1. The number of thiophene rings is 1. The van der Waals surface area contributed by atoms with Gasteiger partial charge in [-0.05, 0) is 17.5 Å². The van der Waals surface area contributed by atoms with Crippen molar-refractivity contribution in [2.45, 2.75) is 6.61 Å². The summed E-state index contributed by atoms with van der Waals surface area (Å²) in [6.07, 6.45) is 0. The first-order valence-corrected chi connectivity index (χ1v) is 5.37. The number of methoxy groups -OCH3 is 1. The average molecular weight is 229 g/mol. The first-order chi connectivity index (χ1) is 6.77. The highest BCUT2D eigenvalue weighted by Crippen LogP contribution is 2.38. The number of aliphatic hydroxyl groups is 1. The zero-order chi connectivity index (χ0) is 10.1. The SMILES string of the molecule is COc1c(CO)cc(Cl)c2sccc12. The van der Waals surface area contributed by atoms with Gasteiger partial charge in [-0.2, -0.15) is 0 Å². The Kier molecular flexibility index (Phi) is 2.63. The molecule has 2 aromatic rings. The number of benzene rings is 1. The van der Waals surface area contributed by atoms with Crippen LogP contribution in [0.3, 0.4) is 0 Å². The first-order valence-electron chi connectivity index (χ1n) is 4.11. The van der Waals surface area contributed by atoms with E-state index in [-0.39, 0.29) is 6.61 Å². The van der Waals surface area contributed by atoms with E-state index in [9.17, 15) is 0 Å². The van der Waals surface area contributed by atoms with Crippen molar-refractivity contribution in [3.05, 3.63) is 28.1 Å². The average Bonchev–Trinajstić information content (AvgIpc) is 2.66. The van der Waals surface area contributed by atoms with E-state index in [2.05, 4.69) is 0 Å². The van der Waals surface area contributed by atoms with E-state index in [4.69, 9.17) is 21.4 Å². The number of rotatable bonds is 2. The molecule has 0 spiro atoms. The van der Waals surface area contributed by atoms with Gasteiger partial charge in [0.05, 0.1) is 23.4 Å². The molecule has 0 aliphatic carbocycles. The van der Waals surface area contributed by atoms with Gasteiger partial charge < -0.3 is 9.84 Å². The molecule has 0 fully saturated rings. The number of hydrogen-bond donors (Lipinski definition) is 1. The fourth-order valence-electron chi connectivity index (χ4n) is 1.49. The lowest BCUT2D eigenvalue weighted by molar-refractivity contribution is 0.274. The van der Waals surface area contributed by atoms with Crippen LogP contribution in [-0.4, -0.2) is 12.2 Å². The number of fused-ring (bicyclic) bond motifs is 1. The van der Waals surface area contributed by atoms with Crippen molar-refractivity contribution >= 4 is 33.0 Å². The van der Waals surface area contributed by atoms with Gasteiger partial charge in [0.15, 0.2) is 0 Å². The molecule has 1 aromatic heterocycles. The predicted molar refractivity (Wildman–Crippen MR) is 59.3 cm³/mol. The smallest absolute Gasteiger partial charge is 0.133 e. The van der Waals surface area contributed by atoms with E-state index < -0.39 is 0 Å². The largest absolute Gasteiger partial charge is 0.496 e. The predicted octanol–water partition coefficient (Wildman–Crippen LogP) is 3.06. The maximum atomic E-state index is 9.14. The normalized spacial score (nSPS) is 10.8. The second kappa shape index (κ2) is 3.77. The molecule has 2 rings (SSSR count). The summed E-state index contributed by atoms with van der Waals surface area (Å²) in [4.78, 5) is 0. The standard InChI is InChI=1S/C10H9ClO2S/c1-13-9-6(5-12)4-8(11)10-7(9)2-3-14-10/h2-4,12H,5H2,1H3. The van der Waals surface area contributed by atoms with E-state index in [0.717, 1.165) is 15.6 Å². The van der Waals surface area contributed by atoms with Crippen molar-refractivity contribution in [3.63, 3.8) is 0 Å². The van der Waals surface area contributed by atoms with Crippen LogP contribution < -0.4 is 4.74 Å². The van der Waals surface area contributed by atoms with Crippen molar-refractivity contribution < 1.29 is 9.84 Å². The van der Waals surface area contributed by atoms with Crippen LogP contribution in [0.15, 0.2) is 17.5 Å². The Labute approximate surface area is 90.7 Å². The maximum Gasteiger partial charge on any atom is 0.133 e. The minimum Gasteiger partial charge on any atom is -0.496 e. The van der Waals surface area contributed by atoms with Gasteiger partial charge in [-0.15, -0.1) is 11.3 Å². The summed E-state index contributed by atoms with van der Waals surface area (Å²) in [6.45, 7) is -0.0608. The lowest BCUT2D eigenvalue weighted by Gasteiger charge is -2.08. The molecule has 0 bridgehead atoms. The molecule has 0 unspecified atom stereocenters. The van der Waals surface area contributed by atoms with Crippen molar-refractivity contribution in [2.75, 3.05) is 7.11 Å². The summed E-state index contributed by atoms with van der Waals surface area (Å²) in [6, 6.07) is 3.70. The molecule has 0 saturated heterocycles. The molecule has 0 saturated carbocycles. The topological polar surface area (TPSA) is 29.5 Å². The van der Waals surface area contributed by atoms with Gasteiger partial charge in [0.1, 0.15) is 5.75 Å². The molecule has 1 aromatic carbocycles. The maximum absolute atomic E-state index is 9.14. The van der Waals surface area contributed by atoms with Crippen LogP contribution in [0.5, 0.6) is 5.75 Å². The highest BCUT2D eigenvalue weighted by atomic mass is 35.5. The van der Waals surface area contributed by atoms with Crippen LogP contribution in [0.25, 0.3) is 10.1 Å². The van der Waals surface area contributed by atoms with Gasteiger partial charge in [-0.1, -0.05) is 11.6 Å². The van der Waals surface area contributed by atoms with Gasteiger partial charge in [0, 0.05) is 10.9 Å².